The van der Waals surface area contributed by atoms with Crippen LogP contribution in [0.15, 0.2) is 83.8 Å². The number of nitrogens with one attached hydrogen (secondary N) is 1. The minimum absolute atomic E-state index is 0.111. The van der Waals surface area contributed by atoms with E-state index in [9.17, 15) is 13.2 Å². The van der Waals surface area contributed by atoms with Crippen LogP contribution in [0.1, 0.15) is 15.9 Å². The van der Waals surface area contributed by atoms with Gasteiger partial charge in [0.25, 0.3) is 0 Å². The Labute approximate surface area is 158 Å². The molecular formula is C21H16N2O3S. The Morgan fingerprint density at radius 2 is 1.56 bits per heavy atom. The van der Waals surface area contributed by atoms with Gasteiger partial charge in [0.15, 0.2) is 5.78 Å². The monoisotopic (exact) mass is 376 g/mol. The maximum absolute atomic E-state index is 12.5. The van der Waals surface area contributed by atoms with Crippen molar-refractivity contribution in [3.05, 3.63) is 90.0 Å². The van der Waals surface area contributed by atoms with E-state index in [1.807, 2.05) is 12.1 Å². The molecule has 0 aliphatic carbocycles. The number of nitrogens with zero attached hydrogens (tertiary/aromatic N) is 1. The first-order valence-electron chi connectivity index (χ1n) is 8.18. The number of hydrogen-bond donors (Lipinski definition) is 1. The van der Waals surface area contributed by atoms with Gasteiger partial charge in [-0.3, -0.25) is 4.79 Å². The predicted octanol–water partition coefficient (Wildman–Crippen LogP) is 3.39. The van der Waals surface area contributed by atoms with E-state index < -0.39 is 10.0 Å². The molecule has 5 nitrogen and oxygen atoms in total. The number of ketones is 1. The van der Waals surface area contributed by atoms with Crippen LogP contribution in [-0.4, -0.2) is 20.7 Å². The smallest absolute Gasteiger partial charge is 0.240 e. The van der Waals surface area contributed by atoms with Crippen molar-refractivity contribution in [3.63, 3.8) is 0 Å². The van der Waals surface area contributed by atoms with Crippen LogP contribution < -0.4 is 4.72 Å². The molecule has 6 heteroatoms. The van der Waals surface area contributed by atoms with E-state index in [-0.39, 0.29) is 17.2 Å². The van der Waals surface area contributed by atoms with Crippen molar-refractivity contribution >= 4 is 15.8 Å². The Kier molecular flexibility index (Phi) is 5.46. The second-order valence-electron chi connectivity index (χ2n) is 5.83. The fourth-order valence-corrected chi connectivity index (χ4v) is 3.59. The van der Waals surface area contributed by atoms with E-state index in [4.69, 9.17) is 5.26 Å². The van der Waals surface area contributed by atoms with Gasteiger partial charge < -0.3 is 0 Å². The molecule has 3 aromatic rings. The van der Waals surface area contributed by atoms with Gasteiger partial charge in [-0.25, -0.2) is 13.1 Å². The summed E-state index contributed by atoms with van der Waals surface area (Å²) in [6.07, 6.45) is 0. The molecule has 0 bridgehead atoms. The summed E-state index contributed by atoms with van der Waals surface area (Å²) in [4.78, 5) is 12.6. The summed E-state index contributed by atoms with van der Waals surface area (Å²) in [7, 11) is -3.74. The molecule has 3 aromatic carbocycles. The van der Waals surface area contributed by atoms with Crippen molar-refractivity contribution in [2.75, 3.05) is 6.54 Å². The minimum atomic E-state index is -3.74. The first-order valence-corrected chi connectivity index (χ1v) is 9.66. The van der Waals surface area contributed by atoms with Crippen molar-refractivity contribution < 1.29 is 13.2 Å². The summed E-state index contributed by atoms with van der Waals surface area (Å²) in [6, 6.07) is 23.9. The van der Waals surface area contributed by atoms with Crippen LogP contribution in [0.5, 0.6) is 0 Å². The third-order valence-corrected chi connectivity index (χ3v) is 5.40. The fourth-order valence-electron chi connectivity index (χ4n) is 2.59. The highest BCUT2D eigenvalue weighted by Gasteiger charge is 2.16. The molecule has 0 fully saturated rings. The quantitative estimate of drug-likeness (QED) is 0.668. The van der Waals surface area contributed by atoms with Gasteiger partial charge in [-0.1, -0.05) is 48.5 Å². The van der Waals surface area contributed by atoms with Crippen LogP contribution >= 0.6 is 0 Å². The summed E-state index contributed by atoms with van der Waals surface area (Å²) >= 11 is 0. The second kappa shape index (κ2) is 7.96. The topological polar surface area (TPSA) is 87.0 Å². The lowest BCUT2D eigenvalue weighted by atomic mass is 10.00. The standard InChI is InChI=1S/C21H16N2O3S/c22-14-16-6-4-7-17(12-16)18-8-5-9-19(13-18)21(24)15-23-27(25,26)20-10-2-1-3-11-20/h1-13,23H,15H2. The molecule has 134 valence electrons. The Morgan fingerprint density at radius 3 is 2.26 bits per heavy atom. The third-order valence-electron chi connectivity index (χ3n) is 3.99. The van der Waals surface area contributed by atoms with Crippen molar-refractivity contribution in [1.29, 1.82) is 5.26 Å². The van der Waals surface area contributed by atoms with Crippen LogP contribution in [0.4, 0.5) is 0 Å². The van der Waals surface area contributed by atoms with Gasteiger partial charge in [0.1, 0.15) is 0 Å². The van der Waals surface area contributed by atoms with Gasteiger partial charge in [0.05, 0.1) is 23.1 Å². The van der Waals surface area contributed by atoms with Crippen LogP contribution in [-0.2, 0) is 10.0 Å². The molecule has 0 atom stereocenters. The van der Waals surface area contributed by atoms with E-state index in [2.05, 4.69) is 10.8 Å². The van der Waals surface area contributed by atoms with E-state index in [1.54, 1.807) is 54.6 Å². The van der Waals surface area contributed by atoms with Gasteiger partial charge >= 0.3 is 0 Å². The van der Waals surface area contributed by atoms with E-state index in [1.165, 1.54) is 12.1 Å². The lowest BCUT2D eigenvalue weighted by Crippen LogP contribution is -2.29. The molecule has 0 aliphatic heterocycles. The summed E-state index contributed by atoms with van der Waals surface area (Å²) in [5.41, 5.74) is 2.52. The SMILES string of the molecule is N#Cc1cccc(-c2cccc(C(=O)CNS(=O)(=O)c3ccccc3)c2)c1. The number of rotatable bonds is 6. The van der Waals surface area contributed by atoms with Gasteiger partial charge in [-0.2, -0.15) is 5.26 Å². The Bertz CT molecular complexity index is 1120. The van der Waals surface area contributed by atoms with Crippen molar-refractivity contribution in [2.24, 2.45) is 0 Å². The summed E-state index contributed by atoms with van der Waals surface area (Å²) in [5.74, 6) is -0.340. The van der Waals surface area contributed by atoms with Crippen molar-refractivity contribution in [2.45, 2.75) is 4.90 Å². The summed E-state index contributed by atoms with van der Waals surface area (Å²) < 4.78 is 26.8. The zero-order valence-electron chi connectivity index (χ0n) is 14.3. The molecule has 0 amide bonds. The molecule has 0 radical (unpaired) electrons. The molecule has 0 saturated heterocycles. The highest BCUT2D eigenvalue weighted by Crippen LogP contribution is 2.21. The first-order chi connectivity index (χ1) is 13.0. The van der Waals surface area contributed by atoms with Crippen LogP contribution in [0, 0.1) is 11.3 Å². The van der Waals surface area contributed by atoms with E-state index >= 15 is 0 Å². The maximum Gasteiger partial charge on any atom is 0.240 e. The van der Waals surface area contributed by atoms with Gasteiger partial charge in [0.2, 0.25) is 10.0 Å². The first kappa shape index (κ1) is 18.5. The van der Waals surface area contributed by atoms with Crippen LogP contribution in [0.3, 0.4) is 0 Å². The highest BCUT2D eigenvalue weighted by molar-refractivity contribution is 7.89. The highest BCUT2D eigenvalue weighted by atomic mass is 32.2. The van der Waals surface area contributed by atoms with Crippen LogP contribution in [0.25, 0.3) is 11.1 Å². The van der Waals surface area contributed by atoms with Crippen LogP contribution in [0.2, 0.25) is 0 Å². The largest absolute Gasteiger partial charge is 0.293 e. The minimum Gasteiger partial charge on any atom is -0.293 e. The fraction of sp³-hybridized carbons (Fsp3) is 0.0476. The molecule has 0 aromatic heterocycles. The number of carbonyl (C=O) groups is 1. The number of benzene rings is 3. The normalized spacial score (nSPS) is 10.9. The zero-order valence-corrected chi connectivity index (χ0v) is 15.1. The molecule has 27 heavy (non-hydrogen) atoms. The number of carbonyl (C=O) groups excluding carboxylic acids is 1. The molecule has 0 heterocycles. The van der Waals surface area contributed by atoms with E-state index in [0.29, 0.717) is 11.1 Å². The summed E-state index contributed by atoms with van der Waals surface area (Å²) in [5, 5.41) is 9.02. The van der Waals surface area contributed by atoms with Crippen molar-refractivity contribution in [1.82, 2.24) is 4.72 Å². The number of hydrogen-bond acceptors (Lipinski definition) is 4. The molecular weight excluding hydrogens is 360 g/mol. The number of Topliss-reactive ketones (excluding diaryl/α,β-unsaturated/α-hetero) is 1. The number of sulfonamides is 1. The Hall–Kier alpha value is -3.27. The molecule has 0 unspecified atom stereocenters. The molecule has 3 rings (SSSR count). The van der Waals surface area contributed by atoms with E-state index in [0.717, 1.165) is 11.1 Å². The number of nitriles is 1. The molecule has 0 aliphatic rings. The summed E-state index contributed by atoms with van der Waals surface area (Å²) in [6.45, 7) is -0.334. The Balaban J connectivity index is 1.77. The van der Waals surface area contributed by atoms with Gasteiger partial charge in [-0.05, 0) is 41.5 Å². The third kappa shape index (κ3) is 4.47. The Morgan fingerprint density at radius 1 is 0.889 bits per heavy atom. The average molecular weight is 376 g/mol. The zero-order chi connectivity index (χ0) is 19.3. The average Bonchev–Trinajstić information content (AvgIpc) is 2.73. The molecule has 0 spiro atoms. The van der Waals surface area contributed by atoms with Crippen molar-refractivity contribution in [3.8, 4) is 17.2 Å². The van der Waals surface area contributed by atoms with Gasteiger partial charge in [0, 0.05) is 5.56 Å². The predicted molar refractivity (Wildman–Crippen MR) is 103 cm³/mol. The molecule has 0 saturated carbocycles. The lowest BCUT2D eigenvalue weighted by Gasteiger charge is -2.08. The lowest BCUT2D eigenvalue weighted by molar-refractivity contribution is 0.0997. The molecule has 1 N–H and O–H groups in total. The second-order valence-corrected chi connectivity index (χ2v) is 7.60. The maximum atomic E-state index is 12.5. The van der Waals surface area contributed by atoms with Gasteiger partial charge in [-0.15, -0.1) is 0 Å².